The number of benzene rings is 1. The molecule has 0 heterocycles. The van der Waals surface area contributed by atoms with E-state index in [2.05, 4.69) is 34.6 Å². The molecular formula is C16H22O. The van der Waals surface area contributed by atoms with E-state index in [9.17, 15) is 5.11 Å². The van der Waals surface area contributed by atoms with Crippen molar-refractivity contribution in [2.75, 3.05) is 6.61 Å². The Morgan fingerprint density at radius 1 is 0.941 bits per heavy atom. The standard InChI is InChI=1S/C16H22O/c1-9-12-7-16(5,8-17)14(12)10(2)11-6-15(3,4)13(9)11/h17H,6-8H2,1-5H3. The van der Waals surface area contributed by atoms with Gasteiger partial charge in [-0.25, -0.2) is 0 Å². The largest absolute Gasteiger partial charge is 0.395 e. The molecule has 0 amide bonds. The van der Waals surface area contributed by atoms with Gasteiger partial charge in [0.25, 0.3) is 0 Å². The average Bonchev–Trinajstić information content (AvgIpc) is 2.20. The topological polar surface area (TPSA) is 20.2 Å². The van der Waals surface area contributed by atoms with Crippen LogP contribution < -0.4 is 0 Å². The van der Waals surface area contributed by atoms with Crippen LogP contribution in [0.5, 0.6) is 0 Å². The van der Waals surface area contributed by atoms with Crippen LogP contribution in [-0.2, 0) is 23.7 Å². The molecule has 1 aromatic rings. The van der Waals surface area contributed by atoms with Gasteiger partial charge in [0.1, 0.15) is 0 Å². The van der Waals surface area contributed by atoms with Gasteiger partial charge in [-0.1, -0.05) is 20.8 Å². The first-order valence-electron chi connectivity index (χ1n) is 6.58. The van der Waals surface area contributed by atoms with Gasteiger partial charge in [0.2, 0.25) is 0 Å². The molecule has 1 aromatic carbocycles. The summed E-state index contributed by atoms with van der Waals surface area (Å²) < 4.78 is 0. The van der Waals surface area contributed by atoms with E-state index in [0.717, 1.165) is 6.42 Å². The van der Waals surface area contributed by atoms with E-state index < -0.39 is 0 Å². The molecule has 0 aliphatic heterocycles. The van der Waals surface area contributed by atoms with Crippen molar-refractivity contribution < 1.29 is 5.11 Å². The van der Waals surface area contributed by atoms with Crippen molar-refractivity contribution in [3.05, 3.63) is 33.4 Å². The highest BCUT2D eigenvalue weighted by Crippen LogP contribution is 2.53. The number of hydrogen-bond donors (Lipinski definition) is 1. The zero-order valence-corrected chi connectivity index (χ0v) is 11.6. The van der Waals surface area contributed by atoms with E-state index in [1.54, 1.807) is 11.1 Å². The highest BCUT2D eigenvalue weighted by atomic mass is 16.3. The van der Waals surface area contributed by atoms with Gasteiger partial charge in [-0.3, -0.25) is 0 Å². The molecule has 0 radical (unpaired) electrons. The maximum Gasteiger partial charge on any atom is 0.0528 e. The molecule has 3 rings (SSSR count). The summed E-state index contributed by atoms with van der Waals surface area (Å²) >= 11 is 0. The molecule has 0 saturated heterocycles. The maximum absolute atomic E-state index is 9.59. The summed E-state index contributed by atoms with van der Waals surface area (Å²) in [5.74, 6) is 0. The molecule has 1 unspecified atom stereocenters. The van der Waals surface area contributed by atoms with Gasteiger partial charge in [0.05, 0.1) is 6.61 Å². The molecule has 0 aromatic heterocycles. The zero-order chi connectivity index (χ0) is 12.6. The summed E-state index contributed by atoms with van der Waals surface area (Å²) in [6.45, 7) is 11.7. The lowest BCUT2D eigenvalue weighted by Crippen LogP contribution is -2.45. The Bertz CT molecular complexity index is 508. The molecule has 0 fully saturated rings. The number of hydrogen-bond acceptors (Lipinski definition) is 1. The van der Waals surface area contributed by atoms with Crippen molar-refractivity contribution in [1.29, 1.82) is 0 Å². The Morgan fingerprint density at radius 2 is 1.47 bits per heavy atom. The number of fused-ring (bicyclic) bond motifs is 2. The van der Waals surface area contributed by atoms with Crippen LogP contribution >= 0.6 is 0 Å². The van der Waals surface area contributed by atoms with Gasteiger partial charge in [0.15, 0.2) is 0 Å². The minimum absolute atomic E-state index is 0.0267. The molecule has 17 heavy (non-hydrogen) atoms. The van der Waals surface area contributed by atoms with Gasteiger partial charge in [-0.2, -0.15) is 0 Å². The van der Waals surface area contributed by atoms with Gasteiger partial charge in [-0.05, 0) is 65.5 Å². The van der Waals surface area contributed by atoms with E-state index in [-0.39, 0.29) is 12.0 Å². The summed E-state index contributed by atoms with van der Waals surface area (Å²) in [5.41, 5.74) is 9.48. The Kier molecular flexibility index (Phi) is 1.96. The lowest BCUT2D eigenvalue weighted by molar-refractivity contribution is 0.185. The van der Waals surface area contributed by atoms with Crippen molar-refractivity contribution in [3.8, 4) is 0 Å². The van der Waals surface area contributed by atoms with Crippen molar-refractivity contribution in [1.82, 2.24) is 0 Å². The Hall–Kier alpha value is -0.820. The van der Waals surface area contributed by atoms with Crippen LogP contribution in [0.4, 0.5) is 0 Å². The third-order valence-electron chi connectivity index (χ3n) is 5.07. The minimum Gasteiger partial charge on any atom is -0.395 e. The predicted octanol–water partition coefficient (Wildman–Crippen LogP) is 2.94. The van der Waals surface area contributed by atoms with Gasteiger partial charge in [0, 0.05) is 5.41 Å². The highest BCUT2D eigenvalue weighted by molar-refractivity contribution is 5.65. The molecule has 0 bridgehead atoms. The fraction of sp³-hybridized carbons (Fsp3) is 0.625. The molecule has 1 atom stereocenters. The van der Waals surface area contributed by atoms with E-state index in [4.69, 9.17) is 0 Å². The van der Waals surface area contributed by atoms with Gasteiger partial charge >= 0.3 is 0 Å². The zero-order valence-electron chi connectivity index (χ0n) is 11.6. The Morgan fingerprint density at radius 3 is 2.00 bits per heavy atom. The molecule has 1 nitrogen and oxygen atoms in total. The summed E-state index contributed by atoms with van der Waals surface area (Å²) in [6, 6.07) is 0. The van der Waals surface area contributed by atoms with Crippen LogP contribution in [0.25, 0.3) is 0 Å². The van der Waals surface area contributed by atoms with E-state index in [0.29, 0.717) is 5.41 Å². The van der Waals surface area contributed by atoms with Crippen LogP contribution in [0.1, 0.15) is 54.2 Å². The molecule has 92 valence electrons. The molecule has 0 saturated carbocycles. The lowest BCUT2D eigenvalue weighted by atomic mass is 9.54. The van der Waals surface area contributed by atoms with Crippen LogP contribution in [0.2, 0.25) is 0 Å². The van der Waals surface area contributed by atoms with Crippen molar-refractivity contribution in [2.24, 2.45) is 0 Å². The normalized spacial score (nSPS) is 27.9. The highest BCUT2D eigenvalue weighted by Gasteiger charge is 2.46. The second-order valence-electron chi connectivity index (χ2n) is 6.91. The predicted molar refractivity (Wildman–Crippen MR) is 70.8 cm³/mol. The smallest absolute Gasteiger partial charge is 0.0528 e. The first-order chi connectivity index (χ1) is 7.82. The molecule has 2 aliphatic rings. The molecule has 2 aliphatic carbocycles. The average molecular weight is 230 g/mol. The van der Waals surface area contributed by atoms with Gasteiger partial charge in [-0.15, -0.1) is 0 Å². The minimum atomic E-state index is 0.0267. The summed E-state index contributed by atoms with van der Waals surface area (Å²) in [4.78, 5) is 0. The molecule has 1 heteroatoms. The third kappa shape index (κ3) is 1.14. The lowest BCUT2D eigenvalue weighted by Gasteiger charge is -2.50. The summed E-state index contributed by atoms with van der Waals surface area (Å²) in [6.07, 6.45) is 2.25. The van der Waals surface area contributed by atoms with E-state index in [1.807, 2.05) is 0 Å². The van der Waals surface area contributed by atoms with Crippen molar-refractivity contribution in [2.45, 2.75) is 58.3 Å². The molecule has 1 N–H and O–H groups in total. The molecular weight excluding hydrogens is 208 g/mol. The number of aliphatic hydroxyl groups is 1. The first-order valence-corrected chi connectivity index (χ1v) is 6.58. The van der Waals surface area contributed by atoms with E-state index in [1.165, 1.54) is 28.7 Å². The van der Waals surface area contributed by atoms with Crippen molar-refractivity contribution in [3.63, 3.8) is 0 Å². The maximum atomic E-state index is 9.59. The second-order valence-corrected chi connectivity index (χ2v) is 6.91. The first kappa shape index (κ1) is 11.3. The monoisotopic (exact) mass is 230 g/mol. The number of rotatable bonds is 1. The second kappa shape index (κ2) is 2.95. The fourth-order valence-electron chi connectivity index (χ4n) is 4.23. The summed E-state index contributed by atoms with van der Waals surface area (Å²) in [5, 5.41) is 9.59. The van der Waals surface area contributed by atoms with Gasteiger partial charge < -0.3 is 5.11 Å². The van der Waals surface area contributed by atoms with E-state index >= 15 is 0 Å². The third-order valence-corrected chi connectivity index (χ3v) is 5.07. The van der Waals surface area contributed by atoms with Crippen LogP contribution in [-0.4, -0.2) is 11.7 Å². The quantitative estimate of drug-likeness (QED) is 0.786. The van der Waals surface area contributed by atoms with Crippen molar-refractivity contribution >= 4 is 0 Å². The van der Waals surface area contributed by atoms with Crippen LogP contribution in [0.15, 0.2) is 0 Å². The Balaban J connectivity index is 2.26. The van der Waals surface area contributed by atoms with Crippen LogP contribution in [0, 0.1) is 13.8 Å². The number of aliphatic hydroxyl groups excluding tert-OH is 1. The fourth-order valence-corrected chi connectivity index (χ4v) is 4.23. The SMILES string of the molecule is Cc1c2c(c(C)c3c1C(C)(C)C3)C(C)(CO)C2. The Labute approximate surface area is 104 Å². The summed E-state index contributed by atoms with van der Waals surface area (Å²) in [7, 11) is 0. The molecule has 0 spiro atoms. The van der Waals surface area contributed by atoms with Crippen LogP contribution in [0.3, 0.4) is 0 Å².